The number of pyridine rings is 2. The van der Waals surface area contributed by atoms with Crippen molar-refractivity contribution in [2.24, 2.45) is 5.92 Å². The van der Waals surface area contributed by atoms with Gasteiger partial charge >= 0.3 is 0 Å². The van der Waals surface area contributed by atoms with Crippen molar-refractivity contribution in [3.05, 3.63) is 66.7 Å². The minimum atomic E-state index is -0.470. The zero-order valence-corrected chi connectivity index (χ0v) is 24.7. The number of hydrogen-bond donors (Lipinski definition) is 4. The van der Waals surface area contributed by atoms with E-state index in [2.05, 4.69) is 56.1 Å². The van der Waals surface area contributed by atoms with E-state index in [1.165, 1.54) is 0 Å². The number of anilines is 2. The van der Waals surface area contributed by atoms with E-state index in [0.29, 0.717) is 36.1 Å². The molecule has 3 amide bonds. The fourth-order valence-electron chi connectivity index (χ4n) is 6.02. The van der Waals surface area contributed by atoms with Gasteiger partial charge in [-0.2, -0.15) is 5.10 Å². The maximum Gasteiger partial charge on any atom is 0.232 e. The van der Waals surface area contributed by atoms with E-state index in [9.17, 15) is 14.4 Å². The Balaban J connectivity index is 0.877. The van der Waals surface area contributed by atoms with Crippen LogP contribution in [0.2, 0.25) is 0 Å². The van der Waals surface area contributed by atoms with E-state index < -0.39 is 5.92 Å². The van der Waals surface area contributed by atoms with E-state index in [1.807, 2.05) is 35.5 Å². The van der Waals surface area contributed by atoms with Gasteiger partial charge in [-0.1, -0.05) is 12.1 Å². The van der Waals surface area contributed by atoms with Gasteiger partial charge in [0.15, 0.2) is 11.6 Å². The Morgan fingerprint density at radius 2 is 1.59 bits per heavy atom. The normalized spacial score (nSPS) is 19.4. The third-order valence-electron chi connectivity index (χ3n) is 8.36. The summed E-state index contributed by atoms with van der Waals surface area (Å²) in [6.45, 7) is 0.769. The minimum absolute atomic E-state index is 0.0156. The molecule has 5 aromatic rings. The standard InChI is InChI=1S/C30H31N13O3/c44-24(34-29-35-26(38-40-29)22-5-1-3-10-31-22)9-12-42-16-20(15-33-42)18-7-8-21(13-18)43-17-19(14-25(43)45)28(46)37-30-36-27(39-41-30)23-6-2-4-11-32-23/h1-6,10-11,15-16,18-19,21H,7-9,12-14,17H2,(H2,34,35,38,40,44)(H2,36,37,39,41,46). The molecular weight excluding hydrogens is 590 g/mol. The topological polar surface area (TPSA) is 205 Å². The SMILES string of the molecule is O=C(CCn1cc(C2CCC(N3CC(C(=O)Nc4nnc(-c5ccccn5)[nH]4)CC3=O)C2)cn1)Nc1nnc(-c2ccccn2)[nH]1. The van der Waals surface area contributed by atoms with Crippen LogP contribution < -0.4 is 10.6 Å². The summed E-state index contributed by atoms with van der Waals surface area (Å²) in [4.78, 5) is 54.7. The first-order valence-electron chi connectivity index (χ1n) is 15.1. The number of aromatic nitrogens is 10. The Morgan fingerprint density at radius 1 is 0.891 bits per heavy atom. The van der Waals surface area contributed by atoms with Gasteiger partial charge in [0.1, 0.15) is 11.4 Å². The van der Waals surface area contributed by atoms with Crippen molar-refractivity contribution in [1.29, 1.82) is 0 Å². The molecule has 1 saturated carbocycles. The molecule has 5 aromatic heterocycles. The fraction of sp³-hybridized carbons (Fsp3) is 0.333. The summed E-state index contributed by atoms with van der Waals surface area (Å²) in [5.41, 5.74) is 2.32. The zero-order valence-electron chi connectivity index (χ0n) is 24.7. The number of aromatic amines is 2. The lowest BCUT2D eigenvalue weighted by atomic mass is 10.0. The van der Waals surface area contributed by atoms with Gasteiger partial charge in [-0.05, 0) is 55.0 Å². The molecule has 16 heteroatoms. The van der Waals surface area contributed by atoms with Gasteiger partial charge in [-0.25, -0.2) is 0 Å². The first-order chi connectivity index (χ1) is 22.5. The Kier molecular flexibility index (Phi) is 7.97. The van der Waals surface area contributed by atoms with Crippen molar-refractivity contribution in [1.82, 2.24) is 55.0 Å². The van der Waals surface area contributed by atoms with Crippen molar-refractivity contribution >= 4 is 29.6 Å². The van der Waals surface area contributed by atoms with Gasteiger partial charge in [-0.3, -0.25) is 39.7 Å². The summed E-state index contributed by atoms with van der Waals surface area (Å²) in [5, 5.41) is 26.0. The fourth-order valence-corrected chi connectivity index (χ4v) is 6.02. The molecule has 46 heavy (non-hydrogen) atoms. The second kappa shape index (κ2) is 12.7. The van der Waals surface area contributed by atoms with Gasteiger partial charge in [-0.15, -0.1) is 20.4 Å². The highest BCUT2D eigenvalue weighted by Crippen LogP contribution is 2.39. The smallest absolute Gasteiger partial charge is 0.232 e. The highest BCUT2D eigenvalue weighted by molar-refractivity contribution is 5.96. The number of aryl methyl sites for hydroxylation is 1. The molecule has 234 valence electrons. The number of H-pyrrole nitrogens is 2. The van der Waals surface area contributed by atoms with Gasteiger partial charge < -0.3 is 14.9 Å². The number of carbonyl (C=O) groups excluding carboxylic acids is 3. The molecule has 1 aliphatic carbocycles. The molecule has 0 spiro atoms. The third kappa shape index (κ3) is 6.36. The Morgan fingerprint density at radius 3 is 2.26 bits per heavy atom. The number of amides is 3. The lowest BCUT2D eigenvalue weighted by Gasteiger charge is -2.24. The van der Waals surface area contributed by atoms with E-state index in [1.54, 1.807) is 35.3 Å². The monoisotopic (exact) mass is 621 g/mol. The average Bonchev–Trinajstić information content (AvgIpc) is 3.91. The van der Waals surface area contributed by atoms with E-state index in [-0.39, 0.29) is 54.4 Å². The van der Waals surface area contributed by atoms with Gasteiger partial charge in [0.25, 0.3) is 0 Å². The van der Waals surface area contributed by atoms with Crippen molar-refractivity contribution in [3.63, 3.8) is 0 Å². The highest BCUT2D eigenvalue weighted by atomic mass is 16.2. The minimum Gasteiger partial charge on any atom is -0.339 e. The molecule has 4 N–H and O–H groups in total. The summed E-state index contributed by atoms with van der Waals surface area (Å²) >= 11 is 0. The van der Waals surface area contributed by atoms with Crippen LogP contribution in [0.4, 0.5) is 11.9 Å². The van der Waals surface area contributed by atoms with Crippen LogP contribution in [0.25, 0.3) is 23.0 Å². The molecule has 6 heterocycles. The molecule has 2 aliphatic rings. The Hall–Kier alpha value is -5.80. The van der Waals surface area contributed by atoms with Gasteiger partial charge in [0.05, 0.1) is 12.1 Å². The number of rotatable bonds is 10. The quantitative estimate of drug-likeness (QED) is 0.179. The molecule has 1 saturated heterocycles. The molecule has 0 radical (unpaired) electrons. The highest BCUT2D eigenvalue weighted by Gasteiger charge is 2.41. The summed E-state index contributed by atoms with van der Waals surface area (Å²) in [6.07, 6.45) is 10.0. The second-order valence-corrected chi connectivity index (χ2v) is 11.4. The number of hydrogen-bond acceptors (Lipinski definition) is 10. The van der Waals surface area contributed by atoms with Crippen molar-refractivity contribution in [2.75, 3.05) is 17.2 Å². The molecule has 3 atom stereocenters. The Labute approximate surface area is 262 Å². The molecule has 3 unspecified atom stereocenters. The van der Waals surface area contributed by atoms with Crippen molar-refractivity contribution in [3.8, 4) is 23.0 Å². The summed E-state index contributed by atoms with van der Waals surface area (Å²) in [6, 6.07) is 10.9. The lowest BCUT2D eigenvalue weighted by molar-refractivity contribution is -0.130. The number of carbonyl (C=O) groups is 3. The summed E-state index contributed by atoms with van der Waals surface area (Å²) in [7, 11) is 0. The van der Waals surface area contributed by atoms with Crippen LogP contribution >= 0.6 is 0 Å². The lowest BCUT2D eigenvalue weighted by Crippen LogP contribution is -2.36. The maximum atomic E-state index is 13.0. The van der Waals surface area contributed by atoms with Crippen LogP contribution in [-0.4, -0.2) is 85.3 Å². The van der Waals surface area contributed by atoms with Gasteiger partial charge in [0.2, 0.25) is 29.6 Å². The average molecular weight is 622 g/mol. The number of likely N-dealkylation sites (tertiary alicyclic amines) is 1. The van der Waals surface area contributed by atoms with E-state index in [4.69, 9.17) is 0 Å². The molecular formula is C30H31N13O3. The van der Waals surface area contributed by atoms with Crippen LogP contribution in [0.1, 0.15) is 43.6 Å². The van der Waals surface area contributed by atoms with Gasteiger partial charge in [0, 0.05) is 50.6 Å². The predicted octanol–water partition coefficient (Wildman–Crippen LogP) is 2.40. The van der Waals surface area contributed by atoms with Crippen LogP contribution in [0.5, 0.6) is 0 Å². The second-order valence-electron chi connectivity index (χ2n) is 11.4. The van der Waals surface area contributed by atoms with E-state index in [0.717, 1.165) is 24.8 Å². The summed E-state index contributed by atoms with van der Waals surface area (Å²) < 4.78 is 1.76. The maximum absolute atomic E-state index is 13.0. The molecule has 0 bridgehead atoms. The third-order valence-corrected chi connectivity index (χ3v) is 8.36. The van der Waals surface area contributed by atoms with Crippen molar-refractivity contribution < 1.29 is 14.4 Å². The first-order valence-corrected chi connectivity index (χ1v) is 15.1. The van der Waals surface area contributed by atoms with Crippen LogP contribution in [0.15, 0.2) is 61.2 Å². The predicted molar refractivity (Wildman–Crippen MR) is 164 cm³/mol. The molecule has 16 nitrogen and oxygen atoms in total. The van der Waals surface area contributed by atoms with Crippen LogP contribution in [0, 0.1) is 5.92 Å². The van der Waals surface area contributed by atoms with Crippen LogP contribution in [-0.2, 0) is 20.9 Å². The first kappa shape index (κ1) is 28.9. The molecule has 1 aliphatic heterocycles. The van der Waals surface area contributed by atoms with E-state index >= 15 is 0 Å². The number of nitrogens with zero attached hydrogens (tertiary/aromatic N) is 9. The Bertz CT molecular complexity index is 1830. The number of nitrogens with one attached hydrogen (secondary N) is 4. The molecule has 0 aromatic carbocycles. The van der Waals surface area contributed by atoms with Crippen LogP contribution in [0.3, 0.4) is 0 Å². The van der Waals surface area contributed by atoms with Crippen molar-refractivity contribution in [2.45, 2.75) is 50.6 Å². The zero-order chi connectivity index (χ0) is 31.5. The molecule has 7 rings (SSSR count). The summed E-state index contributed by atoms with van der Waals surface area (Å²) in [5.74, 6) is 0.672. The largest absolute Gasteiger partial charge is 0.339 e. The molecule has 2 fully saturated rings.